The lowest BCUT2D eigenvalue weighted by Crippen LogP contribution is -2.12. The van der Waals surface area contributed by atoms with E-state index in [1.807, 2.05) is 0 Å². The van der Waals surface area contributed by atoms with E-state index in [9.17, 15) is 12.8 Å². The maximum absolute atomic E-state index is 13.0. The summed E-state index contributed by atoms with van der Waals surface area (Å²) >= 11 is 8.82. The van der Waals surface area contributed by atoms with Gasteiger partial charge in [0.25, 0.3) is 10.0 Å². The van der Waals surface area contributed by atoms with Crippen molar-refractivity contribution in [1.82, 2.24) is 0 Å². The van der Waals surface area contributed by atoms with Crippen molar-refractivity contribution < 1.29 is 12.8 Å². The Labute approximate surface area is 123 Å². The third-order valence-electron chi connectivity index (χ3n) is 2.30. The van der Waals surface area contributed by atoms with E-state index >= 15 is 0 Å². The lowest BCUT2D eigenvalue weighted by molar-refractivity contribution is 0.599. The third kappa shape index (κ3) is 3.46. The Morgan fingerprint density at radius 1 is 1.11 bits per heavy atom. The monoisotopic (exact) mass is 363 g/mol. The minimum Gasteiger partial charge on any atom is -0.280 e. The first-order valence-electron chi connectivity index (χ1n) is 5.12. The molecule has 3 nitrogen and oxygen atoms in total. The molecule has 0 aliphatic rings. The molecule has 0 bridgehead atoms. The molecule has 7 heteroatoms. The fourth-order valence-electron chi connectivity index (χ4n) is 1.38. The van der Waals surface area contributed by atoms with Gasteiger partial charge in [0.05, 0.1) is 9.92 Å². The highest BCUT2D eigenvalue weighted by atomic mass is 79.9. The zero-order chi connectivity index (χ0) is 14.0. The van der Waals surface area contributed by atoms with Gasteiger partial charge in [-0.15, -0.1) is 0 Å². The number of anilines is 1. The van der Waals surface area contributed by atoms with Crippen molar-refractivity contribution in [3.63, 3.8) is 0 Å². The summed E-state index contributed by atoms with van der Waals surface area (Å²) in [4.78, 5) is -0.0955. The van der Waals surface area contributed by atoms with Crippen LogP contribution in [-0.4, -0.2) is 8.42 Å². The molecule has 0 heterocycles. The SMILES string of the molecule is O=S(=O)(Nc1ccc(Br)cc1)c1ccc(F)c(Cl)c1. The highest BCUT2D eigenvalue weighted by Gasteiger charge is 2.15. The number of sulfonamides is 1. The van der Waals surface area contributed by atoms with Gasteiger partial charge >= 0.3 is 0 Å². The Hall–Kier alpha value is -1.11. The van der Waals surface area contributed by atoms with Crippen molar-refractivity contribution in [2.75, 3.05) is 4.72 Å². The van der Waals surface area contributed by atoms with Crippen molar-refractivity contribution >= 4 is 43.2 Å². The molecule has 0 radical (unpaired) electrons. The summed E-state index contributed by atoms with van der Waals surface area (Å²) in [6.45, 7) is 0. The molecular formula is C12H8BrClFNO2S. The Bertz CT molecular complexity index is 704. The molecule has 100 valence electrons. The Morgan fingerprint density at radius 2 is 1.74 bits per heavy atom. The van der Waals surface area contributed by atoms with Gasteiger partial charge < -0.3 is 0 Å². The predicted molar refractivity (Wildman–Crippen MR) is 76.4 cm³/mol. The van der Waals surface area contributed by atoms with Crippen molar-refractivity contribution in [2.45, 2.75) is 4.90 Å². The maximum atomic E-state index is 13.0. The van der Waals surface area contributed by atoms with E-state index in [2.05, 4.69) is 20.7 Å². The predicted octanol–water partition coefficient (Wildman–Crippen LogP) is 4.04. The fourth-order valence-corrected chi connectivity index (χ4v) is 2.97. The Morgan fingerprint density at radius 3 is 2.32 bits per heavy atom. The van der Waals surface area contributed by atoms with Crippen molar-refractivity contribution in [3.8, 4) is 0 Å². The smallest absolute Gasteiger partial charge is 0.261 e. The van der Waals surface area contributed by atoms with E-state index in [4.69, 9.17) is 11.6 Å². The largest absolute Gasteiger partial charge is 0.280 e. The number of hydrogen-bond donors (Lipinski definition) is 1. The van der Waals surface area contributed by atoms with E-state index in [1.165, 1.54) is 0 Å². The first kappa shape index (κ1) is 14.3. The van der Waals surface area contributed by atoms with Crippen LogP contribution in [0.15, 0.2) is 51.8 Å². The molecule has 2 aromatic rings. The molecule has 0 aliphatic heterocycles. The number of benzene rings is 2. The average Bonchev–Trinajstić information content (AvgIpc) is 2.35. The van der Waals surface area contributed by atoms with Crippen LogP contribution in [-0.2, 0) is 10.0 Å². The van der Waals surface area contributed by atoms with Crippen LogP contribution in [0.1, 0.15) is 0 Å². The molecular weight excluding hydrogens is 357 g/mol. The lowest BCUT2D eigenvalue weighted by atomic mass is 10.3. The zero-order valence-corrected chi connectivity index (χ0v) is 12.6. The molecule has 0 amide bonds. The molecule has 0 fully saturated rings. The Balaban J connectivity index is 2.32. The topological polar surface area (TPSA) is 46.2 Å². The lowest BCUT2D eigenvalue weighted by Gasteiger charge is -2.08. The molecule has 0 aliphatic carbocycles. The Kier molecular flexibility index (Phi) is 4.13. The van der Waals surface area contributed by atoms with Crippen LogP contribution < -0.4 is 4.72 Å². The van der Waals surface area contributed by atoms with Gasteiger partial charge in [0.2, 0.25) is 0 Å². The van der Waals surface area contributed by atoms with Crippen molar-refractivity contribution in [2.24, 2.45) is 0 Å². The van der Waals surface area contributed by atoms with Gasteiger partial charge in [-0.1, -0.05) is 27.5 Å². The molecule has 0 spiro atoms. The standard InChI is InChI=1S/C12H8BrClFNO2S/c13-8-1-3-9(4-2-8)16-19(17,18)10-5-6-12(15)11(14)7-10/h1-7,16H. The molecule has 2 rings (SSSR count). The van der Waals surface area contributed by atoms with Crippen LogP contribution in [0.25, 0.3) is 0 Å². The maximum Gasteiger partial charge on any atom is 0.261 e. The summed E-state index contributed by atoms with van der Waals surface area (Å²) in [5, 5.41) is -0.237. The quantitative estimate of drug-likeness (QED) is 0.893. The van der Waals surface area contributed by atoms with E-state index in [1.54, 1.807) is 24.3 Å². The minimum atomic E-state index is -3.78. The molecule has 0 unspecified atom stereocenters. The molecule has 0 saturated carbocycles. The first-order valence-corrected chi connectivity index (χ1v) is 7.77. The fraction of sp³-hybridized carbons (Fsp3) is 0. The van der Waals surface area contributed by atoms with Gasteiger partial charge in [0, 0.05) is 10.2 Å². The summed E-state index contributed by atoms with van der Waals surface area (Å²) in [5.41, 5.74) is 0.406. The van der Waals surface area contributed by atoms with Crippen LogP contribution in [0.5, 0.6) is 0 Å². The first-order chi connectivity index (χ1) is 8.88. The van der Waals surface area contributed by atoms with Crippen molar-refractivity contribution in [3.05, 3.63) is 57.8 Å². The van der Waals surface area contributed by atoms with Crippen LogP contribution in [0.2, 0.25) is 5.02 Å². The molecule has 19 heavy (non-hydrogen) atoms. The molecule has 0 aromatic heterocycles. The second-order valence-electron chi connectivity index (χ2n) is 3.69. The number of hydrogen-bond acceptors (Lipinski definition) is 2. The molecule has 1 N–H and O–H groups in total. The van der Waals surface area contributed by atoms with Crippen LogP contribution in [0, 0.1) is 5.82 Å². The summed E-state index contributed by atoms with van der Waals surface area (Å²) < 4.78 is 40.3. The summed E-state index contributed by atoms with van der Waals surface area (Å²) in [6.07, 6.45) is 0. The molecule has 2 aromatic carbocycles. The van der Waals surface area contributed by atoms with Gasteiger partial charge in [-0.25, -0.2) is 12.8 Å². The van der Waals surface area contributed by atoms with Crippen LogP contribution >= 0.6 is 27.5 Å². The van der Waals surface area contributed by atoms with Crippen molar-refractivity contribution in [1.29, 1.82) is 0 Å². The summed E-state index contributed by atoms with van der Waals surface area (Å²) in [7, 11) is -3.78. The van der Waals surface area contributed by atoms with E-state index < -0.39 is 15.8 Å². The van der Waals surface area contributed by atoms with E-state index in [0.29, 0.717) is 5.69 Å². The zero-order valence-electron chi connectivity index (χ0n) is 9.40. The second kappa shape index (κ2) is 5.48. The second-order valence-corrected chi connectivity index (χ2v) is 6.69. The van der Waals surface area contributed by atoms with E-state index in [-0.39, 0.29) is 9.92 Å². The number of halogens is 3. The van der Waals surface area contributed by atoms with E-state index in [0.717, 1.165) is 22.7 Å². The van der Waals surface area contributed by atoms with Crippen LogP contribution in [0.4, 0.5) is 10.1 Å². The molecule has 0 saturated heterocycles. The number of nitrogens with one attached hydrogen (secondary N) is 1. The summed E-state index contributed by atoms with van der Waals surface area (Å²) in [5.74, 6) is -0.663. The van der Waals surface area contributed by atoms with Gasteiger partial charge in [-0.05, 0) is 42.5 Å². The third-order valence-corrected chi connectivity index (χ3v) is 4.50. The normalized spacial score (nSPS) is 11.3. The highest BCUT2D eigenvalue weighted by molar-refractivity contribution is 9.10. The number of rotatable bonds is 3. The highest BCUT2D eigenvalue weighted by Crippen LogP contribution is 2.22. The molecule has 0 atom stereocenters. The van der Waals surface area contributed by atoms with Gasteiger partial charge in [0.15, 0.2) is 0 Å². The minimum absolute atomic E-state index is 0.0955. The van der Waals surface area contributed by atoms with Crippen LogP contribution in [0.3, 0.4) is 0 Å². The van der Waals surface area contributed by atoms with Gasteiger partial charge in [-0.3, -0.25) is 4.72 Å². The van der Waals surface area contributed by atoms with Gasteiger partial charge in [-0.2, -0.15) is 0 Å². The van der Waals surface area contributed by atoms with Gasteiger partial charge in [0.1, 0.15) is 5.82 Å². The summed E-state index contributed by atoms with van der Waals surface area (Å²) in [6, 6.07) is 9.85. The average molecular weight is 365 g/mol.